The monoisotopic (exact) mass is 502 g/mol. The highest BCUT2D eigenvalue weighted by Gasteiger charge is 2.15. The summed E-state index contributed by atoms with van der Waals surface area (Å²) in [5.41, 5.74) is 6.42. The van der Waals surface area contributed by atoms with Gasteiger partial charge in [-0.25, -0.2) is 9.97 Å². The maximum absolute atomic E-state index is 4.77. The van der Waals surface area contributed by atoms with Crippen molar-refractivity contribution >= 4 is 11.4 Å². The van der Waals surface area contributed by atoms with E-state index in [2.05, 4.69) is 78.7 Å². The zero-order valence-corrected chi connectivity index (χ0v) is 21.3. The smallest absolute Gasteiger partial charge is 0.181 e. The summed E-state index contributed by atoms with van der Waals surface area (Å²) in [5, 5.41) is 15.2. The molecule has 3 aromatic carbocycles. The van der Waals surface area contributed by atoms with E-state index in [1.807, 2.05) is 24.3 Å². The second-order valence-corrected chi connectivity index (χ2v) is 10.1. The predicted molar refractivity (Wildman–Crippen MR) is 151 cm³/mol. The molecule has 0 bridgehead atoms. The average Bonchev–Trinajstić information content (AvgIpc) is 3.80. The summed E-state index contributed by atoms with van der Waals surface area (Å²) < 4.78 is 0. The van der Waals surface area contributed by atoms with E-state index in [0.717, 1.165) is 60.1 Å². The molecule has 0 radical (unpaired) electrons. The first-order chi connectivity index (χ1) is 18.8. The van der Waals surface area contributed by atoms with Crippen LogP contribution in [0.2, 0.25) is 0 Å². The average molecular weight is 503 g/mol. The summed E-state index contributed by atoms with van der Waals surface area (Å²) in [4.78, 5) is 14.4. The number of nitrogens with one attached hydrogen (secondary N) is 2. The largest absolute Gasteiger partial charge is 0.372 e. The lowest BCUT2D eigenvalue weighted by Crippen LogP contribution is -2.17. The zero-order valence-electron chi connectivity index (χ0n) is 21.3. The van der Waals surface area contributed by atoms with Crippen LogP contribution in [-0.4, -0.2) is 56.5 Å². The molecule has 0 spiro atoms. The van der Waals surface area contributed by atoms with E-state index in [1.165, 1.54) is 37.1 Å². The van der Waals surface area contributed by atoms with Crippen LogP contribution in [0.4, 0.5) is 11.4 Å². The van der Waals surface area contributed by atoms with Crippen LogP contribution in [0.1, 0.15) is 25.7 Å². The van der Waals surface area contributed by atoms with Gasteiger partial charge in [-0.3, -0.25) is 10.2 Å². The number of aromatic nitrogens is 6. The third-order valence-corrected chi connectivity index (χ3v) is 7.57. The standard InChI is InChI=1S/C30H30N8/c1-2-17-37(16-1)25-12-8-21(9-13-25)27-31-29(35-33-27)23-6-5-7-24(20-23)30-32-28(34-36-30)22-10-14-26(15-11-22)38-18-3-4-19-38/h5-15,20H,1-4,16-19H2,(H,31,33,35)(H,32,34,36). The van der Waals surface area contributed by atoms with E-state index in [1.54, 1.807) is 0 Å². The molecule has 0 aliphatic carbocycles. The van der Waals surface area contributed by atoms with Crippen LogP contribution in [0.3, 0.4) is 0 Å². The predicted octanol–water partition coefficient (Wildman–Crippen LogP) is 5.79. The van der Waals surface area contributed by atoms with Crippen molar-refractivity contribution in [3.8, 4) is 45.6 Å². The number of aromatic amines is 2. The van der Waals surface area contributed by atoms with Crippen LogP contribution in [0, 0.1) is 0 Å². The minimum absolute atomic E-state index is 0.652. The summed E-state index contributed by atoms with van der Waals surface area (Å²) in [5.74, 6) is 2.82. The van der Waals surface area contributed by atoms with Crippen molar-refractivity contribution < 1.29 is 0 Å². The molecule has 38 heavy (non-hydrogen) atoms. The number of rotatable bonds is 6. The molecule has 2 saturated heterocycles. The van der Waals surface area contributed by atoms with Crippen molar-refractivity contribution in [3.63, 3.8) is 0 Å². The highest BCUT2D eigenvalue weighted by Crippen LogP contribution is 2.28. The molecule has 2 N–H and O–H groups in total. The molecule has 2 aliphatic rings. The molecule has 190 valence electrons. The lowest BCUT2D eigenvalue weighted by molar-refractivity contribution is 0.949. The maximum Gasteiger partial charge on any atom is 0.181 e. The van der Waals surface area contributed by atoms with Crippen molar-refractivity contribution in [3.05, 3.63) is 72.8 Å². The molecule has 8 heteroatoms. The Kier molecular flexibility index (Phi) is 5.84. The van der Waals surface area contributed by atoms with E-state index in [0.29, 0.717) is 11.6 Å². The maximum atomic E-state index is 4.77. The zero-order chi connectivity index (χ0) is 25.3. The first kappa shape index (κ1) is 22.7. The minimum atomic E-state index is 0.652. The number of hydrogen-bond donors (Lipinski definition) is 2. The van der Waals surface area contributed by atoms with Gasteiger partial charge in [-0.1, -0.05) is 18.2 Å². The molecule has 0 atom stereocenters. The number of nitrogens with zero attached hydrogens (tertiary/aromatic N) is 6. The Balaban J connectivity index is 1.09. The van der Waals surface area contributed by atoms with Gasteiger partial charge >= 0.3 is 0 Å². The van der Waals surface area contributed by atoms with Crippen molar-refractivity contribution in [2.45, 2.75) is 25.7 Å². The van der Waals surface area contributed by atoms with Gasteiger partial charge in [-0.05, 0) is 80.3 Å². The van der Waals surface area contributed by atoms with Gasteiger partial charge in [-0.2, -0.15) is 10.2 Å². The third-order valence-electron chi connectivity index (χ3n) is 7.57. The SMILES string of the molecule is c1cc(-c2n[nH]c(-c3ccc(N4CCCC4)cc3)n2)cc(-c2n[nH]c(-c3ccc(N4CCCC4)cc3)n2)c1. The molecule has 2 aliphatic heterocycles. The van der Waals surface area contributed by atoms with Crippen LogP contribution >= 0.6 is 0 Å². The summed E-state index contributed by atoms with van der Waals surface area (Å²) >= 11 is 0. The van der Waals surface area contributed by atoms with Gasteiger partial charge in [0.1, 0.15) is 0 Å². The fourth-order valence-electron chi connectivity index (χ4n) is 5.45. The minimum Gasteiger partial charge on any atom is -0.372 e. The van der Waals surface area contributed by atoms with Gasteiger partial charge in [0.2, 0.25) is 0 Å². The second-order valence-electron chi connectivity index (χ2n) is 10.1. The molecular formula is C30H30N8. The quantitative estimate of drug-likeness (QED) is 0.305. The van der Waals surface area contributed by atoms with E-state index in [4.69, 9.17) is 9.97 Å². The molecule has 0 unspecified atom stereocenters. The highest BCUT2D eigenvalue weighted by molar-refractivity contribution is 5.69. The third kappa shape index (κ3) is 4.42. The lowest BCUT2D eigenvalue weighted by atomic mass is 10.1. The Labute approximate surface area is 221 Å². The van der Waals surface area contributed by atoms with Gasteiger partial charge in [0.25, 0.3) is 0 Å². The van der Waals surface area contributed by atoms with Crippen LogP contribution in [-0.2, 0) is 0 Å². The Morgan fingerprint density at radius 2 is 0.921 bits per heavy atom. The Hall–Kier alpha value is -4.46. The molecule has 2 fully saturated rings. The van der Waals surface area contributed by atoms with Gasteiger partial charge in [0.15, 0.2) is 23.3 Å². The summed E-state index contributed by atoms with van der Waals surface area (Å²) in [6.45, 7) is 4.55. The first-order valence-corrected chi connectivity index (χ1v) is 13.5. The van der Waals surface area contributed by atoms with E-state index >= 15 is 0 Å². The molecule has 7 rings (SSSR count). The second kappa shape index (κ2) is 9.78. The molecule has 5 aromatic rings. The van der Waals surface area contributed by atoms with Gasteiger partial charge in [-0.15, -0.1) is 0 Å². The van der Waals surface area contributed by atoms with E-state index < -0.39 is 0 Å². The van der Waals surface area contributed by atoms with Crippen molar-refractivity contribution in [1.29, 1.82) is 0 Å². The molecule has 0 amide bonds. The van der Waals surface area contributed by atoms with Crippen LogP contribution in [0.15, 0.2) is 72.8 Å². The van der Waals surface area contributed by atoms with E-state index in [-0.39, 0.29) is 0 Å². The lowest BCUT2D eigenvalue weighted by Gasteiger charge is -2.17. The fourth-order valence-corrected chi connectivity index (χ4v) is 5.45. The topological polar surface area (TPSA) is 89.6 Å². The summed E-state index contributed by atoms with van der Waals surface area (Å²) in [6, 6.07) is 25.2. The molecule has 2 aromatic heterocycles. The molecule has 4 heterocycles. The number of benzene rings is 3. The summed E-state index contributed by atoms with van der Waals surface area (Å²) in [7, 11) is 0. The first-order valence-electron chi connectivity index (χ1n) is 13.5. The van der Waals surface area contributed by atoms with Crippen LogP contribution < -0.4 is 9.80 Å². The number of hydrogen-bond acceptors (Lipinski definition) is 6. The van der Waals surface area contributed by atoms with Crippen LogP contribution in [0.5, 0.6) is 0 Å². The molecule has 8 nitrogen and oxygen atoms in total. The normalized spacial score (nSPS) is 15.5. The highest BCUT2D eigenvalue weighted by atomic mass is 15.2. The van der Waals surface area contributed by atoms with Crippen molar-refractivity contribution in [2.75, 3.05) is 36.0 Å². The van der Waals surface area contributed by atoms with Crippen LogP contribution in [0.25, 0.3) is 45.6 Å². The van der Waals surface area contributed by atoms with Gasteiger partial charge < -0.3 is 9.80 Å². The Morgan fingerprint density at radius 3 is 1.34 bits per heavy atom. The fraction of sp³-hybridized carbons (Fsp3) is 0.267. The molecule has 0 saturated carbocycles. The number of H-pyrrole nitrogens is 2. The van der Waals surface area contributed by atoms with Gasteiger partial charge in [0.05, 0.1) is 0 Å². The Morgan fingerprint density at radius 1 is 0.500 bits per heavy atom. The summed E-state index contributed by atoms with van der Waals surface area (Å²) in [6.07, 6.45) is 5.08. The van der Waals surface area contributed by atoms with E-state index in [9.17, 15) is 0 Å². The molecular weight excluding hydrogens is 472 g/mol. The van der Waals surface area contributed by atoms with Gasteiger partial charge in [0, 0.05) is 59.8 Å². The van der Waals surface area contributed by atoms with Crippen molar-refractivity contribution in [2.24, 2.45) is 0 Å². The Bertz CT molecular complexity index is 1410. The number of anilines is 2. The van der Waals surface area contributed by atoms with Crippen molar-refractivity contribution in [1.82, 2.24) is 30.4 Å².